The van der Waals surface area contributed by atoms with Gasteiger partial charge in [0.1, 0.15) is 6.04 Å². The number of carboxylic acid groups (broad SMARTS) is 1. The van der Waals surface area contributed by atoms with E-state index in [1.54, 1.807) is 12.1 Å². The SMILES string of the molecule is NC(C(=O)O)C(F)c1ccccc1Cl. The fraction of sp³-hybridized carbons (Fsp3) is 0.222. The number of benzene rings is 1. The first-order chi connectivity index (χ1) is 6.54. The largest absolute Gasteiger partial charge is 0.480 e. The first-order valence-corrected chi connectivity index (χ1v) is 4.28. The second-order valence-electron chi connectivity index (χ2n) is 2.79. The van der Waals surface area contributed by atoms with Gasteiger partial charge in [-0.3, -0.25) is 4.79 Å². The molecule has 0 heterocycles. The van der Waals surface area contributed by atoms with Crippen LogP contribution in [-0.2, 0) is 4.79 Å². The minimum absolute atomic E-state index is 0.101. The second kappa shape index (κ2) is 4.39. The van der Waals surface area contributed by atoms with E-state index in [-0.39, 0.29) is 10.6 Å². The van der Waals surface area contributed by atoms with Crippen molar-refractivity contribution in [3.63, 3.8) is 0 Å². The molecule has 0 saturated carbocycles. The molecule has 5 heteroatoms. The van der Waals surface area contributed by atoms with Crippen LogP contribution in [0.4, 0.5) is 4.39 Å². The normalized spacial score (nSPS) is 14.8. The van der Waals surface area contributed by atoms with Crippen molar-refractivity contribution in [2.75, 3.05) is 0 Å². The Morgan fingerprint density at radius 3 is 2.57 bits per heavy atom. The molecule has 0 radical (unpaired) electrons. The average Bonchev–Trinajstić information content (AvgIpc) is 2.16. The Bertz CT molecular complexity index is 345. The number of alkyl halides is 1. The predicted molar refractivity (Wildman–Crippen MR) is 50.9 cm³/mol. The van der Waals surface area contributed by atoms with E-state index in [1.165, 1.54) is 12.1 Å². The van der Waals surface area contributed by atoms with Crippen LogP contribution in [0.1, 0.15) is 11.7 Å². The van der Waals surface area contributed by atoms with Crippen LogP contribution >= 0.6 is 11.6 Å². The molecule has 3 N–H and O–H groups in total. The number of aliphatic carboxylic acids is 1. The molecular weight excluding hydrogens is 209 g/mol. The highest BCUT2D eigenvalue weighted by molar-refractivity contribution is 6.31. The maximum absolute atomic E-state index is 13.4. The molecule has 0 aliphatic rings. The van der Waals surface area contributed by atoms with Crippen LogP contribution in [-0.4, -0.2) is 17.1 Å². The van der Waals surface area contributed by atoms with Gasteiger partial charge in [0.2, 0.25) is 0 Å². The summed E-state index contributed by atoms with van der Waals surface area (Å²) in [4.78, 5) is 10.4. The fourth-order valence-electron chi connectivity index (χ4n) is 1.02. The van der Waals surface area contributed by atoms with Crippen LogP contribution in [0.25, 0.3) is 0 Å². The number of hydrogen-bond acceptors (Lipinski definition) is 2. The number of hydrogen-bond donors (Lipinski definition) is 2. The Morgan fingerprint density at radius 1 is 1.50 bits per heavy atom. The lowest BCUT2D eigenvalue weighted by Gasteiger charge is -2.13. The number of carboxylic acids is 1. The van der Waals surface area contributed by atoms with E-state index in [0.29, 0.717) is 0 Å². The van der Waals surface area contributed by atoms with Crippen LogP contribution < -0.4 is 5.73 Å². The Labute approximate surface area is 85.3 Å². The maximum atomic E-state index is 13.4. The van der Waals surface area contributed by atoms with Crippen LogP contribution in [0.15, 0.2) is 24.3 Å². The molecule has 0 amide bonds. The maximum Gasteiger partial charge on any atom is 0.323 e. The molecule has 0 aromatic heterocycles. The van der Waals surface area contributed by atoms with E-state index < -0.39 is 18.2 Å². The van der Waals surface area contributed by atoms with Crippen molar-refractivity contribution >= 4 is 17.6 Å². The third kappa shape index (κ3) is 2.21. The summed E-state index contributed by atoms with van der Waals surface area (Å²) in [7, 11) is 0. The number of halogens is 2. The molecule has 2 atom stereocenters. The lowest BCUT2D eigenvalue weighted by Crippen LogP contribution is -2.34. The number of rotatable bonds is 3. The third-order valence-electron chi connectivity index (χ3n) is 1.80. The third-order valence-corrected chi connectivity index (χ3v) is 2.15. The van der Waals surface area contributed by atoms with Gasteiger partial charge in [0, 0.05) is 10.6 Å². The lowest BCUT2D eigenvalue weighted by atomic mass is 10.0. The molecule has 0 aliphatic heterocycles. The molecule has 0 fully saturated rings. The molecule has 2 unspecified atom stereocenters. The zero-order valence-corrected chi connectivity index (χ0v) is 7.91. The summed E-state index contributed by atoms with van der Waals surface area (Å²) in [6.45, 7) is 0. The fourth-order valence-corrected chi connectivity index (χ4v) is 1.26. The van der Waals surface area contributed by atoms with E-state index in [1.807, 2.05) is 0 Å². The molecule has 14 heavy (non-hydrogen) atoms. The standard InChI is InChI=1S/C9H9ClFNO2/c10-6-4-2-1-3-5(6)7(11)8(12)9(13)14/h1-4,7-8H,12H2,(H,13,14). The summed E-state index contributed by atoms with van der Waals surface area (Å²) < 4.78 is 13.4. The van der Waals surface area contributed by atoms with Gasteiger partial charge in [0.05, 0.1) is 0 Å². The van der Waals surface area contributed by atoms with Crippen LogP contribution in [0.5, 0.6) is 0 Å². The monoisotopic (exact) mass is 217 g/mol. The Kier molecular flexibility index (Phi) is 3.43. The van der Waals surface area contributed by atoms with Gasteiger partial charge in [-0.2, -0.15) is 0 Å². The van der Waals surface area contributed by atoms with Gasteiger partial charge in [-0.05, 0) is 6.07 Å². The number of nitrogens with two attached hydrogens (primary N) is 1. The first-order valence-electron chi connectivity index (χ1n) is 3.91. The van der Waals surface area contributed by atoms with E-state index in [2.05, 4.69) is 0 Å². The first kappa shape index (κ1) is 10.9. The molecule has 0 aliphatic carbocycles. The summed E-state index contributed by atoms with van der Waals surface area (Å²) in [5.41, 5.74) is 5.23. The zero-order chi connectivity index (χ0) is 10.7. The Morgan fingerprint density at radius 2 is 2.07 bits per heavy atom. The van der Waals surface area contributed by atoms with Crippen molar-refractivity contribution in [3.05, 3.63) is 34.9 Å². The highest BCUT2D eigenvalue weighted by atomic mass is 35.5. The topological polar surface area (TPSA) is 63.3 Å². The molecule has 0 bridgehead atoms. The molecule has 0 spiro atoms. The molecule has 0 saturated heterocycles. The number of carbonyl (C=O) groups is 1. The van der Waals surface area contributed by atoms with Crippen LogP contribution in [0, 0.1) is 0 Å². The minimum atomic E-state index is -1.79. The van der Waals surface area contributed by atoms with E-state index in [0.717, 1.165) is 0 Å². The summed E-state index contributed by atoms with van der Waals surface area (Å²) >= 11 is 5.68. The van der Waals surface area contributed by atoms with Crippen molar-refractivity contribution in [1.29, 1.82) is 0 Å². The molecule has 1 aromatic rings. The summed E-state index contributed by atoms with van der Waals surface area (Å²) in [6.07, 6.45) is -1.79. The van der Waals surface area contributed by atoms with E-state index >= 15 is 0 Å². The van der Waals surface area contributed by atoms with Crippen molar-refractivity contribution in [3.8, 4) is 0 Å². The van der Waals surface area contributed by atoms with Gasteiger partial charge >= 0.3 is 5.97 Å². The van der Waals surface area contributed by atoms with Gasteiger partial charge < -0.3 is 10.8 Å². The highest BCUT2D eigenvalue weighted by Crippen LogP contribution is 2.27. The lowest BCUT2D eigenvalue weighted by molar-refractivity contribution is -0.140. The Balaban J connectivity index is 2.94. The van der Waals surface area contributed by atoms with E-state index in [4.69, 9.17) is 22.4 Å². The quantitative estimate of drug-likeness (QED) is 0.811. The van der Waals surface area contributed by atoms with Gasteiger partial charge in [-0.1, -0.05) is 29.8 Å². The van der Waals surface area contributed by atoms with Gasteiger partial charge in [0.25, 0.3) is 0 Å². The Hall–Kier alpha value is -1.13. The molecule has 1 aromatic carbocycles. The van der Waals surface area contributed by atoms with Crippen molar-refractivity contribution in [1.82, 2.24) is 0 Å². The van der Waals surface area contributed by atoms with Gasteiger partial charge in [0.15, 0.2) is 6.17 Å². The summed E-state index contributed by atoms with van der Waals surface area (Å²) in [5.74, 6) is -1.39. The molecule has 1 rings (SSSR count). The van der Waals surface area contributed by atoms with Gasteiger partial charge in [-0.15, -0.1) is 0 Å². The second-order valence-corrected chi connectivity index (χ2v) is 3.19. The highest BCUT2D eigenvalue weighted by Gasteiger charge is 2.26. The zero-order valence-electron chi connectivity index (χ0n) is 7.15. The predicted octanol–water partition coefficient (Wildman–Crippen LogP) is 1.76. The minimum Gasteiger partial charge on any atom is -0.480 e. The van der Waals surface area contributed by atoms with Crippen LogP contribution in [0.2, 0.25) is 5.02 Å². The van der Waals surface area contributed by atoms with Crippen molar-refractivity contribution < 1.29 is 14.3 Å². The van der Waals surface area contributed by atoms with Crippen molar-refractivity contribution in [2.24, 2.45) is 5.73 Å². The van der Waals surface area contributed by atoms with Crippen LogP contribution in [0.3, 0.4) is 0 Å². The van der Waals surface area contributed by atoms with Gasteiger partial charge in [-0.25, -0.2) is 4.39 Å². The van der Waals surface area contributed by atoms with E-state index in [9.17, 15) is 9.18 Å². The molecule has 76 valence electrons. The summed E-state index contributed by atoms with van der Waals surface area (Å²) in [6, 6.07) is 4.51. The summed E-state index contributed by atoms with van der Waals surface area (Å²) in [5, 5.41) is 8.67. The smallest absolute Gasteiger partial charge is 0.323 e. The molecular formula is C9H9ClFNO2. The van der Waals surface area contributed by atoms with Crippen molar-refractivity contribution in [2.45, 2.75) is 12.2 Å². The average molecular weight is 218 g/mol. The molecule has 3 nitrogen and oxygen atoms in total.